The van der Waals surface area contributed by atoms with Crippen LogP contribution in [-0.2, 0) is 4.79 Å². The van der Waals surface area contributed by atoms with Crippen LogP contribution in [0.25, 0.3) is 17.0 Å². The Balaban J connectivity index is 1.48. The third-order valence-electron chi connectivity index (χ3n) is 4.36. The second-order valence-electron chi connectivity index (χ2n) is 6.14. The van der Waals surface area contributed by atoms with Gasteiger partial charge in [-0.25, -0.2) is 4.98 Å². The van der Waals surface area contributed by atoms with E-state index in [1.807, 2.05) is 54.6 Å². The molecule has 5 heteroatoms. The molecule has 1 aliphatic rings. The highest BCUT2D eigenvalue weighted by atomic mass is 35.5. The summed E-state index contributed by atoms with van der Waals surface area (Å²) in [6.07, 6.45) is 3.97. The number of amides is 1. The summed E-state index contributed by atoms with van der Waals surface area (Å²) in [5.41, 5.74) is 2.53. The highest BCUT2D eigenvalue weighted by Gasteiger charge is 2.21. The molecule has 1 aliphatic heterocycles. The number of ether oxygens (including phenoxy) is 1. The van der Waals surface area contributed by atoms with Gasteiger partial charge in [-0.05, 0) is 30.3 Å². The first-order valence-corrected chi connectivity index (χ1v) is 8.83. The Morgan fingerprint density at radius 2 is 2.04 bits per heavy atom. The zero-order valence-electron chi connectivity index (χ0n) is 14.0. The van der Waals surface area contributed by atoms with Gasteiger partial charge in [-0.1, -0.05) is 41.9 Å². The highest BCUT2D eigenvalue weighted by molar-refractivity contribution is 6.31. The molecule has 130 valence electrons. The van der Waals surface area contributed by atoms with Gasteiger partial charge in [0.1, 0.15) is 5.75 Å². The standard InChI is InChI=1S/C21H17ClN2O2/c22-15-7-5-14-6-8-16(23-19(14)13-15)9-10-21(25)24-18-11-12-26-20-4-2-1-3-17(18)20/h1-10,13,18H,11-12H2,(H,24,25). The number of fused-ring (bicyclic) bond motifs is 2. The second kappa shape index (κ2) is 7.18. The Kier molecular flexibility index (Phi) is 4.59. The minimum absolute atomic E-state index is 0.0412. The fourth-order valence-electron chi connectivity index (χ4n) is 3.07. The second-order valence-corrected chi connectivity index (χ2v) is 6.58. The van der Waals surface area contributed by atoms with E-state index < -0.39 is 0 Å². The van der Waals surface area contributed by atoms with Crippen molar-refractivity contribution >= 4 is 34.5 Å². The van der Waals surface area contributed by atoms with Crippen LogP contribution in [0.5, 0.6) is 5.75 Å². The average molecular weight is 365 g/mol. The molecule has 0 bridgehead atoms. The molecule has 0 saturated heterocycles. The van der Waals surface area contributed by atoms with Crippen molar-refractivity contribution in [2.45, 2.75) is 12.5 Å². The Morgan fingerprint density at radius 3 is 2.96 bits per heavy atom. The molecule has 26 heavy (non-hydrogen) atoms. The molecule has 4 nitrogen and oxygen atoms in total. The predicted octanol–water partition coefficient (Wildman–Crippen LogP) is 4.54. The quantitative estimate of drug-likeness (QED) is 0.694. The van der Waals surface area contributed by atoms with E-state index in [2.05, 4.69) is 10.3 Å². The topological polar surface area (TPSA) is 51.2 Å². The van der Waals surface area contributed by atoms with E-state index in [1.54, 1.807) is 6.08 Å². The van der Waals surface area contributed by atoms with E-state index in [0.29, 0.717) is 17.3 Å². The lowest BCUT2D eigenvalue weighted by molar-refractivity contribution is -0.117. The fraction of sp³-hybridized carbons (Fsp3) is 0.143. The van der Waals surface area contributed by atoms with Crippen LogP contribution in [-0.4, -0.2) is 17.5 Å². The van der Waals surface area contributed by atoms with Gasteiger partial charge in [-0.3, -0.25) is 4.79 Å². The molecule has 0 saturated carbocycles. The van der Waals surface area contributed by atoms with Crippen LogP contribution in [0.2, 0.25) is 5.02 Å². The van der Waals surface area contributed by atoms with Crippen LogP contribution in [0, 0.1) is 0 Å². The monoisotopic (exact) mass is 364 g/mol. The van der Waals surface area contributed by atoms with Crippen molar-refractivity contribution in [2.75, 3.05) is 6.61 Å². The van der Waals surface area contributed by atoms with Crippen molar-refractivity contribution in [3.05, 3.63) is 77.0 Å². The van der Waals surface area contributed by atoms with Crippen LogP contribution >= 0.6 is 11.6 Å². The molecule has 3 aromatic rings. The van der Waals surface area contributed by atoms with E-state index in [-0.39, 0.29) is 11.9 Å². The maximum atomic E-state index is 12.3. The summed E-state index contributed by atoms with van der Waals surface area (Å²) in [5.74, 6) is 0.681. The predicted molar refractivity (Wildman–Crippen MR) is 103 cm³/mol. The third kappa shape index (κ3) is 3.55. The molecular weight excluding hydrogens is 348 g/mol. The van der Waals surface area contributed by atoms with Gasteiger partial charge >= 0.3 is 0 Å². The SMILES string of the molecule is O=C(C=Cc1ccc2ccc(Cl)cc2n1)NC1CCOc2ccccc21. The number of carbonyl (C=O) groups is 1. The number of nitrogens with zero attached hydrogens (tertiary/aromatic N) is 1. The van der Waals surface area contributed by atoms with Gasteiger partial charge in [0.25, 0.3) is 0 Å². The number of aromatic nitrogens is 1. The lowest BCUT2D eigenvalue weighted by atomic mass is 10.0. The van der Waals surface area contributed by atoms with Crippen molar-refractivity contribution in [1.82, 2.24) is 10.3 Å². The summed E-state index contributed by atoms with van der Waals surface area (Å²) in [6.45, 7) is 0.596. The summed E-state index contributed by atoms with van der Waals surface area (Å²) in [5, 5.41) is 4.69. The molecule has 4 rings (SSSR count). The molecule has 2 aromatic carbocycles. The molecule has 0 radical (unpaired) electrons. The van der Waals surface area contributed by atoms with Gasteiger partial charge in [0, 0.05) is 28.5 Å². The molecule has 0 fully saturated rings. The number of hydrogen-bond acceptors (Lipinski definition) is 3. The average Bonchev–Trinajstić information content (AvgIpc) is 2.66. The van der Waals surface area contributed by atoms with Gasteiger partial charge in [-0.15, -0.1) is 0 Å². The van der Waals surface area contributed by atoms with Crippen LogP contribution in [0.15, 0.2) is 60.7 Å². The molecule has 2 heterocycles. The van der Waals surface area contributed by atoms with Crippen LogP contribution < -0.4 is 10.1 Å². The van der Waals surface area contributed by atoms with E-state index in [4.69, 9.17) is 16.3 Å². The van der Waals surface area contributed by atoms with Crippen LogP contribution in [0.4, 0.5) is 0 Å². The van der Waals surface area contributed by atoms with E-state index in [0.717, 1.165) is 28.6 Å². The minimum Gasteiger partial charge on any atom is -0.493 e. The maximum Gasteiger partial charge on any atom is 0.244 e. The fourth-order valence-corrected chi connectivity index (χ4v) is 3.24. The number of pyridine rings is 1. The lowest BCUT2D eigenvalue weighted by Crippen LogP contribution is -2.30. The molecule has 1 aromatic heterocycles. The molecule has 1 amide bonds. The Hall–Kier alpha value is -2.85. The highest BCUT2D eigenvalue weighted by Crippen LogP contribution is 2.31. The third-order valence-corrected chi connectivity index (χ3v) is 4.59. The van der Waals surface area contributed by atoms with Gasteiger partial charge < -0.3 is 10.1 Å². The first-order chi connectivity index (χ1) is 12.7. The molecule has 1 atom stereocenters. The summed E-state index contributed by atoms with van der Waals surface area (Å²) in [4.78, 5) is 16.8. The van der Waals surface area contributed by atoms with E-state index in [1.165, 1.54) is 6.08 Å². The number of para-hydroxylation sites is 1. The van der Waals surface area contributed by atoms with Gasteiger partial charge in [0.15, 0.2) is 0 Å². The van der Waals surface area contributed by atoms with E-state index in [9.17, 15) is 4.79 Å². The van der Waals surface area contributed by atoms with Crippen molar-refractivity contribution < 1.29 is 9.53 Å². The molecular formula is C21H17ClN2O2. The summed E-state index contributed by atoms with van der Waals surface area (Å²) in [6, 6.07) is 17.2. The number of hydrogen-bond donors (Lipinski definition) is 1. The van der Waals surface area contributed by atoms with Crippen LogP contribution in [0.1, 0.15) is 23.7 Å². The van der Waals surface area contributed by atoms with E-state index >= 15 is 0 Å². The summed E-state index contributed by atoms with van der Waals surface area (Å²) < 4.78 is 5.62. The Morgan fingerprint density at radius 1 is 1.19 bits per heavy atom. The van der Waals surface area contributed by atoms with Gasteiger partial charge in [-0.2, -0.15) is 0 Å². The number of benzene rings is 2. The number of halogens is 1. The summed E-state index contributed by atoms with van der Waals surface area (Å²) in [7, 11) is 0. The maximum absolute atomic E-state index is 12.3. The molecule has 1 N–H and O–H groups in total. The van der Waals surface area contributed by atoms with Crippen molar-refractivity contribution in [2.24, 2.45) is 0 Å². The first-order valence-electron chi connectivity index (χ1n) is 8.46. The van der Waals surface area contributed by atoms with Crippen molar-refractivity contribution in [3.8, 4) is 5.75 Å². The smallest absolute Gasteiger partial charge is 0.244 e. The Bertz CT molecular complexity index is 1000. The lowest BCUT2D eigenvalue weighted by Gasteiger charge is -2.26. The van der Waals surface area contributed by atoms with Crippen molar-refractivity contribution in [3.63, 3.8) is 0 Å². The van der Waals surface area contributed by atoms with Crippen LogP contribution in [0.3, 0.4) is 0 Å². The van der Waals surface area contributed by atoms with Gasteiger partial charge in [0.2, 0.25) is 5.91 Å². The number of nitrogens with one attached hydrogen (secondary N) is 1. The molecule has 0 spiro atoms. The normalized spacial score (nSPS) is 16.3. The number of carbonyl (C=O) groups excluding carboxylic acids is 1. The summed E-state index contributed by atoms with van der Waals surface area (Å²) >= 11 is 6.02. The van der Waals surface area contributed by atoms with Gasteiger partial charge in [0.05, 0.1) is 23.9 Å². The Labute approximate surface area is 156 Å². The first kappa shape index (κ1) is 16.6. The molecule has 1 unspecified atom stereocenters. The minimum atomic E-state index is -0.153. The zero-order chi connectivity index (χ0) is 17.9. The number of rotatable bonds is 3. The molecule has 0 aliphatic carbocycles. The zero-order valence-corrected chi connectivity index (χ0v) is 14.7. The largest absolute Gasteiger partial charge is 0.493 e. The van der Waals surface area contributed by atoms with Crippen molar-refractivity contribution in [1.29, 1.82) is 0 Å².